The molecule has 6 aromatic rings. The van der Waals surface area contributed by atoms with Gasteiger partial charge in [0.1, 0.15) is 33.6 Å². The van der Waals surface area contributed by atoms with Crippen LogP contribution in [0.3, 0.4) is 0 Å². The molecule has 2 aromatic heterocycles. The number of ether oxygens (including phenoxy) is 3. The van der Waals surface area contributed by atoms with E-state index in [1.807, 2.05) is 45.2 Å². The van der Waals surface area contributed by atoms with Gasteiger partial charge in [0.25, 0.3) is 0 Å². The maximum atomic E-state index is 14.6. The van der Waals surface area contributed by atoms with Crippen molar-refractivity contribution in [3.63, 3.8) is 0 Å². The minimum atomic E-state index is -4.76. The highest BCUT2D eigenvalue weighted by molar-refractivity contribution is 14.1. The summed E-state index contributed by atoms with van der Waals surface area (Å²) in [6.07, 6.45) is -13.0. The van der Waals surface area contributed by atoms with Crippen LogP contribution in [0.15, 0.2) is 134 Å². The summed E-state index contributed by atoms with van der Waals surface area (Å²) >= 11 is 21.9. The van der Waals surface area contributed by atoms with Crippen LogP contribution in [0.25, 0.3) is 31.6 Å². The van der Waals surface area contributed by atoms with E-state index in [4.69, 9.17) is 62.2 Å². The molecule has 0 bridgehead atoms. The van der Waals surface area contributed by atoms with Crippen LogP contribution in [0.4, 0.5) is 81.1 Å². The fraction of sp³-hybridized carbons (Fsp3) is 0.379. The number of anilines is 3. The Morgan fingerprint density at radius 2 is 0.990 bits per heavy atom. The number of dihydropyridines is 2. The van der Waals surface area contributed by atoms with Crippen molar-refractivity contribution < 1.29 is 71.6 Å². The molecule has 4 aromatic carbocycles. The molecule has 31 heteroatoms. The highest BCUT2D eigenvalue weighted by Crippen LogP contribution is 2.59. The minimum Gasteiger partial charge on any atom is -0.622 e. The Balaban J connectivity index is 0.000000153. The number of halogens is 17. The summed E-state index contributed by atoms with van der Waals surface area (Å²) in [5.74, 6) is -3.42. The van der Waals surface area contributed by atoms with Gasteiger partial charge in [-0.05, 0) is 170 Å². The largest absolute Gasteiger partial charge is 0.622 e. The third-order valence-corrected chi connectivity index (χ3v) is 18.8. The molecular weight excluding hydrogens is 1580 g/mol. The number of alkyl halides is 12. The quantitative estimate of drug-likeness (QED) is 0.0321. The standard InChI is InChI=1S/C18H17ClF3N3O2.C18H17ClF3N3O.C17H17ClF3IN2O.C13H6F3IN2/c1-10(2)27-9-17(18(20,21)22)13-7-12(23-3)4-5-15(13)24-16-14(17)6-11(19)8-25(16)26;1-10(2)26-9-17(18(20,21)22)13-7-12(23-3)4-5-15(13)25-16-14(17)6-11(19)8-24-16;1-9(2)25-8-16(17(19,20)21)12-6-11(22)3-4-14(12)24-15-13(16)5-10(18)7-23-15;14-13(15,16)11-8-2-1-5-18-12(8)19-10-4-3-7(17)6-9(10)11/h4-8,10,14,16,24H,9H2,1-2H3;4-8,10,14,16,25H,9H2,1-2H3;3-7,9,13,15,24H,8H2,1-2H3;1-6H. The van der Waals surface area contributed by atoms with Crippen molar-refractivity contribution in [3.8, 4) is 0 Å². The Labute approximate surface area is 591 Å². The lowest BCUT2D eigenvalue weighted by molar-refractivity contribution is -0.505. The van der Waals surface area contributed by atoms with Gasteiger partial charge >= 0.3 is 24.7 Å². The molecular formula is C66H57Cl3F12I2N10O4. The highest BCUT2D eigenvalue weighted by atomic mass is 127. The van der Waals surface area contributed by atoms with E-state index in [-0.39, 0.29) is 77.5 Å². The number of hydroxylamine groups is 1. The summed E-state index contributed by atoms with van der Waals surface area (Å²) in [5.41, 5.74) is -6.24. The second-order valence-electron chi connectivity index (χ2n) is 23.9. The summed E-state index contributed by atoms with van der Waals surface area (Å²) in [6.45, 7) is 22.6. The van der Waals surface area contributed by atoms with Gasteiger partial charge in [-0.1, -0.05) is 71.2 Å². The van der Waals surface area contributed by atoms with E-state index in [0.29, 0.717) is 21.6 Å². The Kier molecular flexibility index (Phi) is 22.3. The monoisotopic (exact) mass is 1640 g/mol. The van der Waals surface area contributed by atoms with E-state index < -0.39 is 109 Å². The normalized spacial score (nSPS) is 24.5. The van der Waals surface area contributed by atoms with Gasteiger partial charge in [0.2, 0.25) is 6.17 Å². The third kappa shape index (κ3) is 15.0. The fourth-order valence-electron chi connectivity index (χ4n) is 12.4. The van der Waals surface area contributed by atoms with Crippen molar-refractivity contribution in [1.82, 2.24) is 9.97 Å². The zero-order valence-corrected chi connectivity index (χ0v) is 58.2. The Bertz CT molecular complexity index is 4270. The van der Waals surface area contributed by atoms with Crippen molar-refractivity contribution >= 4 is 149 Å². The minimum absolute atomic E-state index is 0.0155. The van der Waals surface area contributed by atoms with Crippen molar-refractivity contribution in [3.05, 3.63) is 182 Å². The van der Waals surface area contributed by atoms with Crippen LogP contribution in [0.1, 0.15) is 63.8 Å². The van der Waals surface area contributed by atoms with Crippen molar-refractivity contribution in [2.45, 2.75) is 119 Å². The Morgan fingerprint density at radius 1 is 0.567 bits per heavy atom. The zero-order valence-electron chi connectivity index (χ0n) is 51.6. The molecule has 97 heavy (non-hydrogen) atoms. The smallest absolute Gasteiger partial charge is 0.417 e. The maximum absolute atomic E-state index is 14.6. The molecule has 3 N–H and O–H groups in total. The molecule has 6 aliphatic rings. The van der Waals surface area contributed by atoms with Gasteiger partial charge in [0.05, 0.1) is 78.3 Å². The second-order valence-corrected chi connectivity index (χ2v) is 27.7. The van der Waals surface area contributed by atoms with Gasteiger partial charge in [0, 0.05) is 65.4 Å². The first kappa shape index (κ1) is 74.7. The summed E-state index contributed by atoms with van der Waals surface area (Å²) < 4.78 is 189. The number of hydrogen-bond donors (Lipinski definition) is 3. The average molecular weight is 1640 g/mol. The molecule has 12 rings (SSSR count). The van der Waals surface area contributed by atoms with E-state index in [1.54, 1.807) is 71.9 Å². The van der Waals surface area contributed by atoms with Crippen LogP contribution in [0.2, 0.25) is 0 Å². The average Bonchev–Trinajstić information content (AvgIpc) is 0.731. The topological polar surface area (TPSA) is 149 Å². The molecule has 0 amide bonds. The van der Waals surface area contributed by atoms with Crippen molar-refractivity contribution in [1.29, 1.82) is 0 Å². The van der Waals surface area contributed by atoms with E-state index in [1.165, 1.54) is 91.5 Å². The summed E-state index contributed by atoms with van der Waals surface area (Å²) in [5, 5.41) is 21.7. The number of nitrogens with zero attached hydrogens (tertiary/aromatic N) is 7. The van der Waals surface area contributed by atoms with Crippen LogP contribution in [-0.4, -0.2) is 109 Å². The lowest BCUT2D eigenvalue weighted by Crippen LogP contribution is -2.62. The Morgan fingerprint density at radius 3 is 1.44 bits per heavy atom. The Hall–Kier alpha value is -6.52. The van der Waals surface area contributed by atoms with Crippen LogP contribution in [0.5, 0.6) is 0 Å². The number of aliphatic imine (C=N–C) groups is 2. The van der Waals surface area contributed by atoms with Crippen LogP contribution < -0.4 is 16.0 Å². The van der Waals surface area contributed by atoms with Gasteiger partial charge in [-0.3, -0.25) is 9.98 Å². The van der Waals surface area contributed by atoms with E-state index in [9.17, 15) is 57.9 Å². The molecule has 8 heterocycles. The van der Waals surface area contributed by atoms with E-state index in [2.05, 4.69) is 45.6 Å². The summed E-state index contributed by atoms with van der Waals surface area (Å²) in [4.78, 5) is 23.0. The van der Waals surface area contributed by atoms with Crippen LogP contribution >= 0.6 is 80.0 Å². The number of aromatic nitrogens is 2. The van der Waals surface area contributed by atoms with E-state index in [0.717, 1.165) is 13.4 Å². The first-order valence-corrected chi connectivity index (χ1v) is 32.8. The van der Waals surface area contributed by atoms with Gasteiger partial charge in [0.15, 0.2) is 23.2 Å². The van der Waals surface area contributed by atoms with Gasteiger partial charge in [-0.2, -0.15) is 57.4 Å². The van der Waals surface area contributed by atoms with E-state index >= 15 is 0 Å². The van der Waals surface area contributed by atoms with Crippen molar-refractivity contribution in [2.75, 3.05) is 35.8 Å². The van der Waals surface area contributed by atoms with Gasteiger partial charge < -0.3 is 35.4 Å². The molecule has 0 aliphatic carbocycles. The highest BCUT2D eigenvalue weighted by Gasteiger charge is 2.68. The molecule has 514 valence electrons. The van der Waals surface area contributed by atoms with Crippen LogP contribution in [0, 0.1) is 43.2 Å². The molecule has 14 nitrogen and oxygen atoms in total. The lowest BCUT2D eigenvalue weighted by atomic mass is 9.65. The van der Waals surface area contributed by atoms with Gasteiger partial charge in [-0.15, -0.1) is 0 Å². The summed E-state index contributed by atoms with van der Waals surface area (Å²) in [6, 6.07) is 21.0. The molecule has 0 saturated heterocycles. The zero-order chi connectivity index (χ0) is 71.1. The number of allylic oxidation sites excluding steroid dienone is 3. The number of benzene rings is 4. The number of hydrogen-bond acceptors (Lipinski definition) is 11. The number of fused-ring (bicyclic) bond motifs is 8. The first-order chi connectivity index (χ1) is 45.4. The molecule has 0 radical (unpaired) electrons. The van der Waals surface area contributed by atoms with Crippen LogP contribution in [-0.2, 0) is 36.6 Å². The molecule has 6 aliphatic heterocycles. The second kappa shape index (κ2) is 29.0. The third-order valence-electron chi connectivity index (χ3n) is 16.8. The number of rotatable bonds is 9. The predicted octanol–water partition coefficient (Wildman–Crippen LogP) is 19.1. The fourth-order valence-corrected chi connectivity index (χ4v) is 14.0. The molecule has 0 fully saturated rings. The van der Waals surface area contributed by atoms with Gasteiger partial charge in [-0.25, -0.2) is 19.7 Å². The maximum Gasteiger partial charge on any atom is 0.417 e. The number of nitrogens with one attached hydrogen (secondary N) is 3. The summed E-state index contributed by atoms with van der Waals surface area (Å²) in [7, 11) is 0. The first-order valence-electron chi connectivity index (χ1n) is 29.5. The molecule has 9 atom stereocenters. The van der Waals surface area contributed by atoms with Crippen molar-refractivity contribution in [2.24, 2.45) is 27.7 Å². The molecule has 0 saturated carbocycles. The number of pyridine rings is 2. The molecule has 9 unspecified atom stereocenters. The molecule has 0 spiro atoms. The SMILES string of the molecule is CC(C)OCC1(C(F)(F)F)c2cc(I)ccc2NC2N=CC(Cl)=CC21.FC(F)(F)c1c2cc(I)ccc2nc2ncccc12.[C-]#[N+]c1ccc2c(c1)C(COC(C)C)(C(F)(F)F)C1C=C(Cl)C=NC1N2.[C-]#[N+]c1ccc2c(c1)C(COC(C)C)(C(F)(F)F)C1C=C(Cl)C=[N+]([O-])C1N2. The lowest BCUT2D eigenvalue weighted by Gasteiger charge is -2.49. The predicted molar refractivity (Wildman–Crippen MR) is 367 cm³/mol.